The van der Waals surface area contributed by atoms with Crippen molar-refractivity contribution < 1.29 is 13.9 Å². The summed E-state index contributed by atoms with van der Waals surface area (Å²) in [5.41, 5.74) is 4.60. The average molecular weight is 376 g/mol. The summed E-state index contributed by atoms with van der Waals surface area (Å²) < 4.78 is 11.3. The molecule has 0 bridgehead atoms. The topological polar surface area (TPSA) is 64.4 Å². The number of aromatic nitrogens is 1. The van der Waals surface area contributed by atoms with E-state index in [4.69, 9.17) is 9.15 Å². The number of hydrogen-bond acceptors (Lipinski definition) is 5. The monoisotopic (exact) mass is 376 g/mol. The number of carbonyl (C=O) groups excluding carboxylic acids is 1. The molecule has 2 aromatic heterocycles. The fourth-order valence-corrected chi connectivity index (χ4v) is 4.07. The Bertz CT molecular complexity index is 1180. The second-order valence-electron chi connectivity index (χ2n) is 6.47. The predicted octanol–water partition coefficient (Wildman–Crippen LogP) is 5.05. The summed E-state index contributed by atoms with van der Waals surface area (Å²) in [5.74, 6) is 0.984. The van der Waals surface area contributed by atoms with Gasteiger partial charge in [0.1, 0.15) is 11.3 Å². The molecule has 0 radical (unpaired) electrons. The highest BCUT2D eigenvalue weighted by Gasteiger charge is 2.19. The fraction of sp³-hybridized carbons (Fsp3) is 0.143. The van der Waals surface area contributed by atoms with Crippen LogP contribution in [0.15, 0.2) is 52.3 Å². The van der Waals surface area contributed by atoms with Crippen molar-refractivity contribution in [3.63, 3.8) is 0 Å². The van der Waals surface area contributed by atoms with Crippen molar-refractivity contribution >= 4 is 33.3 Å². The molecule has 27 heavy (non-hydrogen) atoms. The maximum absolute atomic E-state index is 12.6. The van der Waals surface area contributed by atoms with Gasteiger partial charge in [0.15, 0.2) is 10.9 Å². The molecule has 1 aliphatic rings. The number of furan rings is 1. The number of aryl methyl sites for hydroxylation is 1. The van der Waals surface area contributed by atoms with Crippen LogP contribution in [0.1, 0.15) is 21.7 Å². The smallest absolute Gasteiger partial charge is 0.293 e. The highest BCUT2D eigenvalue weighted by atomic mass is 32.1. The Morgan fingerprint density at radius 3 is 3.00 bits per heavy atom. The zero-order valence-electron chi connectivity index (χ0n) is 14.6. The summed E-state index contributed by atoms with van der Waals surface area (Å²) in [6, 6.07) is 13.7. The van der Waals surface area contributed by atoms with Crippen molar-refractivity contribution in [3.05, 3.63) is 64.7 Å². The SMILES string of the molecule is Cc1c(C(=O)Nc2nc(-c3ccc4c(c3)CCO4)cs2)oc2ccccc12. The lowest BCUT2D eigenvalue weighted by atomic mass is 10.1. The molecular formula is C21H16N2O3S. The maximum Gasteiger partial charge on any atom is 0.293 e. The van der Waals surface area contributed by atoms with E-state index in [0.717, 1.165) is 41.0 Å². The molecule has 0 saturated heterocycles. The van der Waals surface area contributed by atoms with E-state index in [0.29, 0.717) is 16.5 Å². The molecule has 5 rings (SSSR count). The van der Waals surface area contributed by atoms with Crippen LogP contribution in [-0.2, 0) is 6.42 Å². The Labute approximate surface area is 159 Å². The summed E-state index contributed by atoms with van der Waals surface area (Å²) in [7, 11) is 0. The number of nitrogens with zero attached hydrogens (tertiary/aromatic N) is 1. The van der Waals surface area contributed by atoms with E-state index in [1.165, 1.54) is 16.9 Å². The number of thiazole rings is 1. The molecule has 1 amide bonds. The molecule has 6 heteroatoms. The van der Waals surface area contributed by atoms with Crippen molar-refractivity contribution in [2.75, 3.05) is 11.9 Å². The maximum atomic E-state index is 12.6. The Kier molecular flexibility index (Phi) is 3.72. The summed E-state index contributed by atoms with van der Waals surface area (Å²) in [6.07, 6.45) is 0.919. The zero-order chi connectivity index (χ0) is 18.4. The van der Waals surface area contributed by atoms with Crippen LogP contribution in [0.4, 0.5) is 5.13 Å². The number of amides is 1. The number of anilines is 1. The van der Waals surface area contributed by atoms with Crippen LogP contribution in [-0.4, -0.2) is 17.5 Å². The van der Waals surface area contributed by atoms with Gasteiger partial charge in [-0.05, 0) is 36.8 Å². The summed E-state index contributed by atoms with van der Waals surface area (Å²) in [5, 5.41) is 6.29. The van der Waals surface area contributed by atoms with Gasteiger partial charge in [-0.15, -0.1) is 11.3 Å². The van der Waals surface area contributed by atoms with Gasteiger partial charge in [-0.1, -0.05) is 18.2 Å². The molecule has 0 fully saturated rings. The third kappa shape index (κ3) is 2.78. The van der Waals surface area contributed by atoms with E-state index in [1.54, 1.807) is 0 Å². The van der Waals surface area contributed by atoms with Crippen LogP contribution < -0.4 is 10.1 Å². The number of fused-ring (bicyclic) bond motifs is 2. The first-order valence-corrected chi connectivity index (χ1v) is 9.58. The van der Waals surface area contributed by atoms with E-state index in [9.17, 15) is 4.79 Å². The van der Waals surface area contributed by atoms with Crippen molar-refractivity contribution in [3.8, 4) is 17.0 Å². The van der Waals surface area contributed by atoms with Gasteiger partial charge in [0.05, 0.1) is 12.3 Å². The highest BCUT2D eigenvalue weighted by molar-refractivity contribution is 7.14. The van der Waals surface area contributed by atoms with Crippen LogP contribution in [0, 0.1) is 6.92 Å². The molecule has 2 aromatic carbocycles. The minimum Gasteiger partial charge on any atom is -0.493 e. The van der Waals surface area contributed by atoms with Gasteiger partial charge in [-0.25, -0.2) is 4.98 Å². The number of nitrogens with one attached hydrogen (secondary N) is 1. The number of carbonyl (C=O) groups is 1. The Morgan fingerprint density at radius 2 is 2.11 bits per heavy atom. The summed E-state index contributed by atoms with van der Waals surface area (Å²) in [6.45, 7) is 2.62. The van der Waals surface area contributed by atoms with Crippen LogP contribution in [0.5, 0.6) is 5.75 Å². The normalized spacial score (nSPS) is 12.8. The molecule has 5 nitrogen and oxygen atoms in total. The third-order valence-electron chi connectivity index (χ3n) is 4.76. The molecule has 0 unspecified atom stereocenters. The number of hydrogen-bond donors (Lipinski definition) is 1. The number of benzene rings is 2. The van der Waals surface area contributed by atoms with E-state index in [-0.39, 0.29) is 5.91 Å². The minimum atomic E-state index is -0.285. The molecule has 0 aliphatic carbocycles. The molecule has 0 atom stereocenters. The van der Waals surface area contributed by atoms with Gasteiger partial charge in [-0.2, -0.15) is 0 Å². The van der Waals surface area contributed by atoms with Crippen molar-refractivity contribution in [1.29, 1.82) is 0 Å². The van der Waals surface area contributed by atoms with Gasteiger partial charge in [0.25, 0.3) is 5.91 Å². The van der Waals surface area contributed by atoms with Gasteiger partial charge in [-0.3, -0.25) is 10.1 Å². The lowest BCUT2D eigenvalue weighted by Gasteiger charge is -2.02. The first kappa shape index (κ1) is 16.1. The largest absolute Gasteiger partial charge is 0.493 e. The molecular weight excluding hydrogens is 360 g/mol. The summed E-state index contributed by atoms with van der Waals surface area (Å²) in [4.78, 5) is 17.2. The molecule has 0 spiro atoms. The van der Waals surface area contributed by atoms with E-state index < -0.39 is 0 Å². The molecule has 3 heterocycles. The average Bonchev–Trinajstić information content (AvgIpc) is 3.40. The van der Waals surface area contributed by atoms with Crippen molar-refractivity contribution in [1.82, 2.24) is 4.98 Å². The highest BCUT2D eigenvalue weighted by Crippen LogP contribution is 2.32. The molecule has 4 aromatic rings. The minimum absolute atomic E-state index is 0.285. The number of para-hydroxylation sites is 1. The van der Waals surface area contributed by atoms with E-state index >= 15 is 0 Å². The Morgan fingerprint density at radius 1 is 1.22 bits per heavy atom. The van der Waals surface area contributed by atoms with Crippen LogP contribution in [0.3, 0.4) is 0 Å². The van der Waals surface area contributed by atoms with Crippen LogP contribution in [0.25, 0.3) is 22.2 Å². The lowest BCUT2D eigenvalue weighted by Crippen LogP contribution is -2.11. The Hall–Kier alpha value is -3.12. The van der Waals surface area contributed by atoms with Crippen LogP contribution in [0.2, 0.25) is 0 Å². The van der Waals surface area contributed by atoms with Gasteiger partial charge >= 0.3 is 0 Å². The van der Waals surface area contributed by atoms with Gasteiger partial charge in [0.2, 0.25) is 0 Å². The predicted molar refractivity (Wildman–Crippen MR) is 106 cm³/mol. The van der Waals surface area contributed by atoms with E-state index in [1.807, 2.05) is 48.7 Å². The van der Waals surface area contributed by atoms with Gasteiger partial charge < -0.3 is 9.15 Å². The molecule has 134 valence electrons. The van der Waals surface area contributed by atoms with E-state index in [2.05, 4.69) is 16.4 Å². The van der Waals surface area contributed by atoms with Crippen LogP contribution >= 0.6 is 11.3 Å². The van der Waals surface area contributed by atoms with Crippen molar-refractivity contribution in [2.45, 2.75) is 13.3 Å². The lowest BCUT2D eigenvalue weighted by molar-refractivity contribution is 0.0998. The third-order valence-corrected chi connectivity index (χ3v) is 5.52. The van der Waals surface area contributed by atoms with Gasteiger partial charge in [0, 0.05) is 28.3 Å². The number of rotatable bonds is 3. The first-order valence-electron chi connectivity index (χ1n) is 8.70. The second kappa shape index (κ2) is 6.25. The standard InChI is InChI=1S/C21H16N2O3S/c1-12-15-4-2-3-5-18(15)26-19(12)20(24)23-21-22-16(11-27-21)13-6-7-17-14(10-13)8-9-25-17/h2-7,10-11H,8-9H2,1H3,(H,22,23,24). The summed E-state index contributed by atoms with van der Waals surface area (Å²) >= 11 is 1.40. The molecule has 0 saturated carbocycles. The first-order chi connectivity index (χ1) is 13.2. The molecule has 1 N–H and O–H groups in total. The molecule has 1 aliphatic heterocycles. The number of ether oxygens (including phenoxy) is 1. The second-order valence-corrected chi connectivity index (χ2v) is 7.32. The zero-order valence-corrected chi connectivity index (χ0v) is 15.4. The Balaban J connectivity index is 1.40. The fourth-order valence-electron chi connectivity index (χ4n) is 3.35. The quantitative estimate of drug-likeness (QED) is 0.543. The van der Waals surface area contributed by atoms with Crippen molar-refractivity contribution in [2.24, 2.45) is 0 Å².